The Hall–Kier alpha value is -3.26. The molecule has 49 heavy (non-hydrogen) atoms. The lowest BCUT2D eigenvalue weighted by molar-refractivity contribution is -0.182. The van der Waals surface area contributed by atoms with E-state index in [1.54, 1.807) is 16.7 Å². The van der Waals surface area contributed by atoms with Gasteiger partial charge in [0.15, 0.2) is 0 Å². The Morgan fingerprint density at radius 2 is 1.76 bits per heavy atom. The van der Waals surface area contributed by atoms with Crippen molar-refractivity contribution in [1.29, 1.82) is 0 Å². The summed E-state index contributed by atoms with van der Waals surface area (Å²) in [6, 6.07) is 6.77. The molecule has 0 unspecified atom stereocenters. The Morgan fingerprint density at radius 1 is 1.06 bits per heavy atom. The molecule has 1 aromatic heterocycles. The van der Waals surface area contributed by atoms with Crippen LogP contribution in [0.15, 0.2) is 24.3 Å². The zero-order valence-corrected chi connectivity index (χ0v) is 29.5. The molecule has 0 bridgehead atoms. The van der Waals surface area contributed by atoms with Crippen LogP contribution in [0.2, 0.25) is 10.0 Å². The Kier molecular flexibility index (Phi) is 11.6. The number of nitrogens with one attached hydrogen (secondary N) is 3. The van der Waals surface area contributed by atoms with Gasteiger partial charge in [-0.3, -0.25) is 9.59 Å². The monoisotopic (exact) mass is 725 g/mol. The summed E-state index contributed by atoms with van der Waals surface area (Å²) >= 11 is 13.5. The van der Waals surface area contributed by atoms with Crippen LogP contribution in [-0.4, -0.2) is 66.4 Å². The van der Waals surface area contributed by atoms with Crippen molar-refractivity contribution in [2.75, 3.05) is 43.1 Å². The van der Waals surface area contributed by atoms with E-state index in [9.17, 15) is 22.8 Å². The van der Waals surface area contributed by atoms with E-state index in [-0.39, 0.29) is 56.0 Å². The fourth-order valence-corrected chi connectivity index (χ4v) is 6.84. The highest BCUT2D eigenvalue weighted by atomic mass is 35.5. The number of hydrogen-bond acceptors (Lipinski definition) is 7. The average molecular weight is 727 g/mol. The first-order valence-corrected chi connectivity index (χ1v) is 17.3. The number of rotatable bonds is 11. The summed E-state index contributed by atoms with van der Waals surface area (Å²) in [7, 11) is 0. The van der Waals surface area contributed by atoms with Crippen LogP contribution in [0.4, 0.5) is 30.5 Å². The van der Waals surface area contributed by atoms with E-state index in [1.807, 2.05) is 17.0 Å². The van der Waals surface area contributed by atoms with Crippen molar-refractivity contribution >= 4 is 63.4 Å². The van der Waals surface area contributed by atoms with Crippen molar-refractivity contribution in [1.82, 2.24) is 20.2 Å². The third kappa shape index (κ3) is 9.30. The zero-order chi connectivity index (χ0) is 35.5. The highest BCUT2D eigenvalue weighted by Crippen LogP contribution is 2.39. The molecule has 1 saturated carbocycles. The molecular weight excluding hydrogens is 682 g/mol. The van der Waals surface area contributed by atoms with Gasteiger partial charge in [-0.2, -0.15) is 13.2 Å². The van der Waals surface area contributed by atoms with Crippen LogP contribution in [0, 0.1) is 11.3 Å². The number of benzene rings is 2. The van der Waals surface area contributed by atoms with Crippen LogP contribution < -0.4 is 26.6 Å². The molecule has 1 aliphatic carbocycles. The smallest absolute Gasteiger partial charge is 0.378 e. The number of nitrogens with zero attached hydrogens (tertiary/aromatic N) is 3. The van der Waals surface area contributed by atoms with Crippen molar-refractivity contribution < 1.29 is 27.5 Å². The summed E-state index contributed by atoms with van der Waals surface area (Å²) in [6.07, 6.45) is -3.78. The average Bonchev–Trinajstić information content (AvgIpc) is 3.38. The summed E-state index contributed by atoms with van der Waals surface area (Å²) in [5.41, 5.74) is 8.98. The zero-order valence-electron chi connectivity index (χ0n) is 28.0. The molecule has 1 saturated heterocycles. The highest BCUT2D eigenvalue weighted by molar-refractivity contribution is 6.39. The lowest BCUT2D eigenvalue weighted by atomic mass is 9.85. The van der Waals surface area contributed by atoms with E-state index < -0.39 is 18.0 Å². The van der Waals surface area contributed by atoms with Crippen LogP contribution in [0.5, 0.6) is 0 Å². The summed E-state index contributed by atoms with van der Waals surface area (Å²) in [6.45, 7) is 9.87. The van der Waals surface area contributed by atoms with E-state index in [1.165, 1.54) is 0 Å². The molecule has 0 spiro atoms. The minimum absolute atomic E-state index is 0.0219. The Balaban J connectivity index is 1.50. The SMILES string of the molecule is CC(C)(C)CNCc1ccc(Cl)c(Nc2nc3cc(C(=O)NC4CCC(C(F)(F)F)CC4)c(N4CCOCC4)cc3n2CCC(N)=O)c1Cl. The number of nitrogens with two attached hydrogens (primary N) is 1. The number of fused-ring (bicyclic) bond motifs is 1. The molecule has 2 fully saturated rings. The second-order valence-corrected chi connectivity index (χ2v) is 14.8. The van der Waals surface area contributed by atoms with Crippen LogP contribution in [0.1, 0.15) is 68.8 Å². The molecular formula is C34H44Cl2F3N7O3. The van der Waals surface area contributed by atoms with Gasteiger partial charge in [0.05, 0.1) is 57.1 Å². The number of imidazole rings is 1. The number of primary amides is 1. The Labute approximate surface area is 294 Å². The first-order chi connectivity index (χ1) is 23.1. The largest absolute Gasteiger partial charge is 0.391 e. The fraction of sp³-hybridized carbons (Fsp3) is 0.559. The minimum atomic E-state index is -4.23. The van der Waals surface area contributed by atoms with Gasteiger partial charge in [0.1, 0.15) is 0 Å². The third-order valence-electron chi connectivity index (χ3n) is 8.95. The van der Waals surface area contributed by atoms with E-state index in [0.29, 0.717) is 76.8 Å². The van der Waals surface area contributed by atoms with Gasteiger partial charge in [0.2, 0.25) is 11.9 Å². The number of aryl methyl sites for hydroxylation is 1. The van der Waals surface area contributed by atoms with Crippen molar-refractivity contribution in [2.24, 2.45) is 17.1 Å². The number of anilines is 3. The van der Waals surface area contributed by atoms with Crippen LogP contribution >= 0.6 is 23.2 Å². The standard InChI is InChI=1S/C34H44Cl2F3N7O3/c1-33(2,3)19-41-18-20-4-9-24(35)30(29(20)36)44-32-43-25-16-23(31(48)42-22-7-5-21(6-8-22)34(37,38)39)26(45-12-14-49-15-13-45)17-27(25)46(32)11-10-28(40)47/h4,9,16-17,21-22,41H,5-8,10-15,18-19H2,1-3H3,(H2,40,47)(H,42,48)(H,43,44). The van der Waals surface area contributed by atoms with Gasteiger partial charge in [-0.05, 0) is 54.9 Å². The Bertz CT molecular complexity index is 1660. The number of amides is 2. The first kappa shape index (κ1) is 37.0. The van der Waals surface area contributed by atoms with E-state index in [2.05, 4.69) is 36.7 Å². The molecule has 5 rings (SSSR count). The van der Waals surface area contributed by atoms with E-state index in [0.717, 1.165) is 12.1 Å². The number of hydrogen-bond donors (Lipinski definition) is 4. The van der Waals surface area contributed by atoms with Gasteiger partial charge in [0, 0.05) is 45.2 Å². The van der Waals surface area contributed by atoms with E-state index >= 15 is 0 Å². The molecule has 3 aromatic rings. The molecule has 2 aromatic carbocycles. The summed E-state index contributed by atoms with van der Waals surface area (Å²) in [5, 5.41) is 10.5. The maximum Gasteiger partial charge on any atom is 0.391 e. The molecule has 15 heteroatoms. The minimum Gasteiger partial charge on any atom is -0.378 e. The predicted molar refractivity (Wildman–Crippen MR) is 187 cm³/mol. The van der Waals surface area contributed by atoms with Gasteiger partial charge in [-0.1, -0.05) is 50.0 Å². The number of carbonyl (C=O) groups is 2. The molecule has 10 nitrogen and oxygen atoms in total. The number of carbonyl (C=O) groups excluding carboxylic acids is 2. The van der Waals surface area contributed by atoms with E-state index in [4.69, 9.17) is 38.7 Å². The summed E-state index contributed by atoms with van der Waals surface area (Å²) in [4.78, 5) is 32.6. The fourth-order valence-electron chi connectivity index (χ4n) is 6.31. The van der Waals surface area contributed by atoms with Crippen LogP contribution in [0.3, 0.4) is 0 Å². The first-order valence-electron chi connectivity index (χ1n) is 16.6. The third-order valence-corrected chi connectivity index (χ3v) is 9.69. The predicted octanol–water partition coefficient (Wildman–Crippen LogP) is 6.79. The molecule has 0 radical (unpaired) electrons. The van der Waals surface area contributed by atoms with Crippen molar-refractivity contribution in [3.8, 4) is 0 Å². The lowest BCUT2D eigenvalue weighted by Crippen LogP contribution is -2.41. The number of halogens is 5. The van der Waals surface area contributed by atoms with Gasteiger partial charge in [-0.25, -0.2) is 4.98 Å². The quantitative estimate of drug-likeness (QED) is 0.172. The topological polar surface area (TPSA) is 127 Å². The number of aromatic nitrogens is 2. The highest BCUT2D eigenvalue weighted by Gasteiger charge is 2.41. The molecule has 1 aliphatic heterocycles. The summed E-state index contributed by atoms with van der Waals surface area (Å²) < 4.78 is 47.2. The second kappa shape index (κ2) is 15.3. The van der Waals surface area contributed by atoms with Crippen LogP contribution in [0.25, 0.3) is 11.0 Å². The number of morpholine rings is 1. The van der Waals surface area contributed by atoms with Gasteiger partial charge < -0.3 is 35.9 Å². The maximum atomic E-state index is 13.8. The molecule has 2 amide bonds. The Morgan fingerprint density at radius 3 is 2.39 bits per heavy atom. The number of ether oxygens (including phenoxy) is 1. The molecule has 0 atom stereocenters. The molecule has 2 heterocycles. The van der Waals surface area contributed by atoms with Crippen molar-refractivity contribution in [2.45, 2.75) is 78.2 Å². The van der Waals surface area contributed by atoms with Gasteiger partial charge in [0.25, 0.3) is 5.91 Å². The second-order valence-electron chi connectivity index (χ2n) is 14.0. The summed E-state index contributed by atoms with van der Waals surface area (Å²) in [5.74, 6) is -1.89. The molecule has 2 aliphatic rings. The number of alkyl halides is 3. The van der Waals surface area contributed by atoms with Crippen molar-refractivity contribution in [3.05, 3.63) is 45.4 Å². The normalized spacial score (nSPS) is 18.9. The van der Waals surface area contributed by atoms with Gasteiger partial charge >= 0.3 is 6.18 Å². The maximum absolute atomic E-state index is 13.8. The van der Waals surface area contributed by atoms with Gasteiger partial charge in [-0.15, -0.1) is 0 Å². The lowest BCUT2D eigenvalue weighted by Gasteiger charge is -2.32. The van der Waals surface area contributed by atoms with Crippen LogP contribution in [-0.2, 0) is 22.6 Å². The molecule has 5 N–H and O–H groups in total. The van der Waals surface area contributed by atoms with Crippen molar-refractivity contribution in [3.63, 3.8) is 0 Å². The molecule has 268 valence electrons.